The molecule has 0 aromatic carbocycles. The molecule has 0 bridgehead atoms. The topological polar surface area (TPSA) is 133 Å². The van der Waals surface area contributed by atoms with Crippen molar-refractivity contribution in [2.45, 2.75) is 32.6 Å². The van der Waals surface area contributed by atoms with Crippen molar-refractivity contribution in [1.29, 1.82) is 0 Å². The summed E-state index contributed by atoms with van der Waals surface area (Å²) in [5, 5.41) is 14.4. The first-order valence-corrected chi connectivity index (χ1v) is 7.92. The van der Waals surface area contributed by atoms with E-state index in [4.69, 9.17) is 14.9 Å². The Labute approximate surface area is 144 Å². The lowest BCUT2D eigenvalue weighted by Gasteiger charge is -2.35. The number of nitrogens with one attached hydrogen (secondary N) is 1. The fraction of sp³-hybridized carbons (Fsp3) is 0.467. The standard InChI is InChI=1S/C15H20N6O4/c1-9-7-20(8-10(2)25-9)14-12(21(22)23)13(16)18-15(19-14)17-6-11-4-3-5-24-11/h3-5,9-10H,6-8H2,1-2H3,(H3,16,17,18,19)/t9-,10-/m1/s1. The van der Waals surface area contributed by atoms with E-state index in [1.807, 2.05) is 18.7 Å². The number of nitrogens with two attached hydrogens (primary N) is 1. The minimum atomic E-state index is -0.550. The number of nitro groups is 1. The molecule has 10 heteroatoms. The van der Waals surface area contributed by atoms with Crippen molar-refractivity contribution in [2.75, 3.05) is 29.0 Å². The van der Waals surface area contributed by atoms with Crippen molar-refractivity contribution in [3.63, 3.8) is 0 Å². The molecule has 2 aromatic rings. The van der Waals surface area contributed by atoms with E-state index in [1.54, 1.807) is 18.4 Å². The molecule has 25 heavy (non-hydrogen) atoms. The zero-order chi connectivity index (χ0) is 18.0. The van der Waals surface area contributed by atoms with Gasteiger partial charge in [0, 0.05) is 13.1 Å². The van der Waals surface area contributed by atoms with Gasteiger partial charge in [0.05, 0.1) is 29.9 Å². The van der Waals surface area contributed by atoms with Crippen molar-refractivity contribution in [3.05, 3.63) is 34.3 Å². The number of nitrogens with zero attached hydrogens (tertiary/aromatic N) is 4. The molecule has 134 valence electrons. The van der Waals surface area contributed by atoms with Gasteiger partial charge in [-0.1, -0.05) is 0 Å². The summed E-state index contributed by atoms with van der Waals surface area (Å²) in [6.07, 6.45) is 1.42. The van der Waals surface area contributed by atoms with Gasteiger partial charge in [-0.15, -0.1) is 0 Å². The van der Waals surface area contributed by atoms with Crippen LogP contribution in [0.3, 0.4) is 0 Å². The molecule has 0 saturated carbocycles. The van der Waals surface area contributed by atoms with Crippen LogP contribution in [0, 0.1) is 10.1 Å². The molecule has 2 atom stereocenters. The Morgan fingerprint density at radius 1 is 1.40 bits per heavy atom. The van der Waals surface area contributed by atoms with Gasteiger partial charge in [0.25, 0.3) is 0 Å². The second kappa shape index (κ2) is 6.93. The minimum Gasteiger partial charge on any atom is -0.467 e. The SMILES string of the molecule is C[C@@H]1CN(c2nc(NCc3ccco3)nc(N)c2[N+](=O)[O-])C[C@@H](C)O1. The summed E-state index contributed by atoms with van der Waals surface area (Å²) in [5.41, 5.74) is 5.55. The molecule has 2 aromatic heterocycles. The second-order valence-corrected chi connectivity index (χ2v) is 5.96. The Kier molecular flexibility index (Phi) is 4.70. The molecule has 0 spiro atoms. The van der Waals surface area contributed by atoms with Gasteiger partial charge in [0.1, 0.15) is 5.76 Å². The molecule has 0 radical (unpaired) electrons. The van der Waals surface area contributed by atoms with Crippen LogP contribution < -0.4 is 16.0 Å². The monoisotopic (exact) mass is 348 g/mol. The van der Waals surface area contributed by atoms with Crippen LogP contribution in [0.1, 0.15) is 19.6 Å². The highest BCUT2D eigenvalue weighted by atomic mass is 16.6. The number of rotatable bonds is 5. The quantitative estimate of drug-likeness (QED) is 0.612. The number of ether oxygens (including phenoxy) is 1. The number of hydrogen-bond acceptors (Lipinski definition) is 9. The molecule has 0 amide bonds. The van der Waals surface area contributed by atoms with Crippen LogP contribution in [-0.2, 0) is 11.3 Å². The first kappa shape index (κ1) is 17.0. The first-order valence-electron chi connectivity index (χ1n) is 7.92. The third-order valence-corrected chi connectivity index (χ3v) is 3.80. The Morgan fingerprint density at radius 3 is 2.72 bits per heavy atom. The summed E-state index contributed by atoms with van der Waals surface area (Å²) in [6, 6.07) is 3.57. The fourth-order valence-electron chi connectivity index (χ4n) is 2.86. The Hall–Kier alpha value is -2.88. The maximum atomic E-state index is 11.5. The summed E-state index contributed by atoms with van der Waals surface area (Å²) >= 11 is 0. The van der Waals surface area contributed by atoms with Crippen LogP contribution in [0.15, 0.2) is 22.8 Å². The van der Waals surface area contributed by atoms with Gasteiger partial charge in [-0.25, -0.2) is 0 Å². The van der Waals surface area contributed by atoms with E-state index >= 15 is 0 Å². The maximum Gasteiger partial charge on any atom is 0.353 e. The van der Waals surface area contributed by atoms with E-state index in [2.05, 4.69) is 15.3 Å². The summed E-state index contributed by atoms with van der Waals surface area (Å²) in [5.74, 6) is 0.919. The van der Waals surface area contributed by atoms with Crippen LogP contribution >= 0.6 is 0 Å². The van der Waals surface area contributed by atoms with Crippen molar-refractivity contribution >= 4 is 23.3 Å². The van der Waals surface area contributed by atoms with Crippen LogP contribution in [-0.4, -0.2) is 40.2 Å². The maximum absolute atomic E-state index is 11.5. The molecule has 1 aliphatic rings. The van der Waals surface area contributed by atoms with Gasteiger partial charge in [0.2, 0.25) is 17.6 Å². The lowest BCUT2D eigenvalue weighted by molar-refractivity contribution is -0.383. The number of nitrogen functional groups attached to an aromatic ring is 1. The van der Waals surface area contributed by atoms with Gasteiger partial charge in [0.15, 0.2) is 0 Å². The van der Waals surface area contributed by atoms with Crippen molar-refractivity contribution in [2.24, 2.45) is 0 Å². The third-order valence-electron chi connectivity index (χ3n) is 3.80. The lowest BCUT2D eigenvalue weighted by Crippen LogP contribution is -2.46. The normalized spacial score (nSPS) is 20.5. The molecule has 3 heterocycles. The lowest BCUT2D eigenvalue weighted by atomic mass is 10.2. The fourth-order valence-corrected chi connectivity index (χ4v) is 2.86. The Balaban J connectivity index is 1.91. The molecule has 1 aliphatic heterocycles. The highest BCUT2D eigenvalue weighted by Crippen LogP contribution is 2.33. The molecule has 0 aliphatic carbocycles. The summed E-state index contributed by atoms with van der Waals surface area (Å²) in [4.78, 5) is 21.1. The van der Waals surface area contributed by atoms with Crippen LogP contribution in [0.4, 0.5) is 23.3 Å². The van der Waals surface area contributed by atoms with Crippen LogP contribution in [0.2, 0.25) is 0 Å². The highest BCUT2D eigenvalue weighted by Gasteiger charge is 2.32. The van der Waals surface area contributed by atoms with Gasteiger partial charge in [-0.05, 0) is 26.0 Å². The number of anilines is 3. The smallest absolute Gasteiger partial charge is 0.353 e. The Bertz CT molecular complexity index is 741. The molecule has 1 saturated heterocycles. The largest absolute Gasteiger partial charge is 0.467 e. The second-order valence-electron chi connectivity index (χ2n) is 5.96. The predicted molar refractivity (Wildman–Crippen MR) is 91.4 cm³/mol. The highest BCUT2D eigenvalue weighted by molar-refractivity contribution is 5.71. The van der Waals surface area contributed by atoms with Gasteiger partial charge in [-0.3, -0.25) is 10.1 Å². The minimum absolute atomic E-state index is 0.0703. The van der Waals surface area contributed by atoms with Crippen molar-refractivity contribution < 1.29 is 14.1 Å². The van der Waals surface area contributed by atoms with E-state index in [0.29, 0.717) is 25.4 Å². The predicted octanol–water partition coefficient (Wildman–Crippen LogP) is 1.79. The van der Waals surface area contributed by atoms with E-state index in [-0.39, 0.29) is 35.5 Å². The Morgan fingerprint density at radius 2 is 2.12 bits per heavy atom. The van der Waals surface area contributed by atoms with Gasteiger partial charge < -0.3 is 25.1 Å². The summed E-state index contributed by atoms with van der Waals surface area (Å²) in [6.45, 7) is 5.14. The first-order chi connectivity index (χ1) is 11.9. The molecular formula is C15H20N6O4. The molecule has 3 N–H and O–H groups in total. The van der Waals surface area contributed by atoms with E-state index < -0.39 is 4.92 Å². The van der Waals surface area contributed by atoms with Crippen molar-refractivity contribution in [1.82, 2.24) is 9.97 Å². The van der Waals surface area contributed by atoms with Crippen molar-refractivity contribution in [3.8, 4) is 0 Å². The van der Waals surface area contributed by atoms with Crippen LogP contribution in [0.5, 0.6) is 0 Å². The summed E-state index contributed by atoms with van der Waals surface area (Å²) < 4.78 is 10.9. The molecule has 0 unspecified atom stereocenters. The van der Waals surface area contributed by atoms with E-state index in [1.165, 1.54) is 0 Å². The van der Waals surface area contributed by atoms with Crippen LogP contribution in [0.25, 0.3) is 0 Å². The average Bonchev–Trinajstić information content (AvgIpc) is 3.04. The molecule has 10 nitrogen and oxygen atoms in total. The van der Waals surface area contributed by atoms with E-state index in [0.717, 1.165) is 0 Å². The molecule has 1 fully saturated rings. The number of hydrogen-bond donors (Lipinski definition) is 2. The number of morpholine rings is 1. The molecular weight excluding hydrogens is 328 g/mol. The number of furan rings is 1. The van der Waals surface area contributed by atoms with Gasteiger partial charge in [-0.2, -0.15) is 9.97 Å². The zero-order valence-electron chi connectivity index (χ0n) is 14.0. The number of aromatic nitrogens is 2. The summed E-state index contributed by atoms with van der Waals surface area (Å²) in [7, 11) is 0. The third kappa shape index (κ3) is 3.79. The van der Waals surface area contributed by atoms with Gasteiger partial charge >= 0.3 is 5.69 Å². The molecule has 3 rings (SSSR count). The van der Waals surface area contributed by atoms with E-state index in [9.17, 15) is 10.1 Å². The zero-order valence-corrected chi connectivity index (χ0v) is 14.0. The average molecular weight is 348 g/mol.